The molecule has 1 aliphatic carbocycles. The zero-order valence-corrected chi connectivity index (χ0v) is 8.36. The fraction of sp³-hybridized carbons (Fsp3) is 0.889. The Labute approximate surface area is 78.1 Å². The molecule has 70 valence electrons. The summed E-state index contributed by atoms with van der Waals surface area (Å²) >= 11 is 1.88. The Kier molecular flexibility index (Phi) is 4.51. The molecule has 1 rings (SSSR count). The number of rotatable bonds is 6. The van der Waals surface area contributed by atoms with Crippen LogP contribution in [-0.4, -0.2) is 24.1 Å². The number of carbonyl (C=O) groups is 1. The predicted molar refractivity (Wildman–Crippen MR) is 51.3 cm³/mol. The summed E-state index contributed by atoms with van der Waals surface area (Å²) < 4.78 is 4.81. The quantitative estimate of drug-likeness (QED) is 0.471. The summed E-state index contributed by atoms with van der Waals surface area (Å²) in [5.41, 5.74) is 0. The van der Waals surface area contributed by atoms with Crippen LogP contribution in [0.4, 0.5) is 0 Å². The molecule has 12 heavy (non-hydrogen) atoms. The number of thioether (sulfide) groups is 1. The van der Waals surface area contributed by atoms with E-state index in [-0.39, 0.29) is 5.97 Å². The molecule has 0 amide bonds. The van der Waals surface area contributed by atoms with Gasteiger partial charge in [0.2, 0.25) is 0 Å². The highest BCUT2D eigenvalue weighted by molar-refractivity contribution is 7.99. The van der Waals surface area contributed by atoms with Crippen molar-refractivity contribution >= 4 is 17.7 Å². The SMILES string of the molecule is CCOC(=O)CCSCC1CC1. The molecule has 3 heteroatoms. The minimum Gasteiger partial charge on any atom is -0.466 e. The molecular formula is C9H16O2S. The van der Waals surface area contributed by atoms with E-state index < -0.39 is 0 Å². The summed E-state index contributed by atoms with van der Waals surface area (Å²) in [6, 6.07) is 0. The van der Waals surface area contributed by atoms with Crippen LogP contribution in [0.1, 0.15) is 26.2 Å². The van der Waals surface area contributed by atoms with Crippen molar-refractivity contribution in [3.05, 3.63) is 0 Å². The lowest BCUT2D eigenvalue weighted by Crippen LogP contribution is -2.04. The number of hydrogen-bond donors (Lipinski definition) is 0. The van der Waals surface area contributed by atoms with Crippen molar-refractivity contribution in [1.82, 2.24) is 0 Å². The molecule has 0 aromatic rings. The van der Waals surface area contributed by atoms with Crippen LogP contribution in [0.15, 0.2) is 0 Å². The first kappa shape index (κ1) is 9.90. The smallest absolute Gasteiger partial charge is 0.306 e. The molecule has 0 N–H and O–H groups in total. The fourth-order valence-corrected chi connectivity index (χ4v) is 2.07. The van der Waals surface area contributed by atoms with E-state index in [2.05, 4.69) is 0 Å². The topological polar surface area (TPSA) is 26.3 Å². The van der Waals surface area contributed by atoms with Gasteiger partial charge in [-0.25, -0.2) is 0 Å². The molecule has 1 aliphatic rings. The molecule has 0 heterocycles. The summed E-state index contributed by atoms with van der Waals surface area (Å²) in [4.78, 5) is 10.9. The van der Waals surface area contributed by atoms with Crippen molar-refractivity contribution in [2.24, 2.45) is 5.92 Å². The lowest BCUT2D eigenvalue weighted by Gasteiger charge is -2.00. The Hall–Kier alpha value is -0.180. The predicted octanol–water partition coefficient (Wildman–Crippen LogP) is 2.08. The Balaban J connectivity index is 1.83. The molecule has 0 aromatic carbocycles. The van der Waals surface area contributed by atoms with E-state index in [1.54, 1.807) is 0 Å². The van der Waals surface area contributed by atoms with Crippen LogP contribution in [0.3, 0.4) is 0 Å². The summed E-state index contributed by atoms with van der Waals surface area (Å²) in [5, 5.41) is 0. The van der Waals surface area contributed by atoms with E-state index >= 15 is 0 Å². The van der Waals surface area contributed by atoms with Gasteiger partial charge in [-0.1, -0.05) is 0 Å². The van der Waals surface area contributed by atoms with Crippen LogP contribution < -0.4 is 0 Å². The van der Waals surface area contributed by atoms with Crippen LogP contribution >= 0.6 is 11.8 Å². The average Bonchev–Trinajstić information content (AvgIpc) is 2.82. The number of carbonyl (C=O) groups excluding carboxylic acids is 1. The molecule has 0 radical (unpaired) electrons. The zero-order valence-electron chi connectivity index (χ0n) is 7.54. The van der Waals surface area contributed by atoms with E-state index in [1.165, 1.54) is 18.6 Å². The third-order valence-electron chi connectivity index (χ3n) is 1.81. The van der Waals surface area contributed by atoms with E-state index in [0.717, 1.165) is 11.7 Å². The fourth-order valence-electron chi connectivity index (χ4n) is 0.923. The lowest BCUT2D eigenvalue weighted by molar-refractivity contribution is -0.142. The highest BCUT2D eigenvalue weighted by Crippen LogP contribution is 2.32. The first-order chi connectivity index (χ1) is 5.83. The monoisotopic (exact) mass is 188 g/mol. The minimum atomic E-state index is -0.0548. The van der Waals surface area contributed by atoms with Gasteiger partial charge in [0.05, 0.1) is 13.0 Å². The molecule has 1 fully saturated rings. The van der Waals surface area contributed by atoms with Crippen molar-refractivity contribution in [1.29, 1.82) is 0 Å². The Morgan fingerprint density at radius 3 is 2.92 bits per heavy atom. The maximum absolute atomic E-state index is 10.9. The highest BCUT2D eigenvalue weighted by Gasteiger charge is 2.20. The molecular weight excluding hydrogens is 172 g/mol. The standard InChI is InChI=1S/C9H16O2S/c1-2-11-9(10)5-6-12-7-8-3-4-8/h8H,2-7H2,1H3. The maximum Gasteiger partial charge on any atom is 0.306 e. The van der Waals surface area contributed by atoms with Gasteiger partial charge < -0.3 is 4.74 Å². The van der Waals surface area contributed by atoms with Crippen molar-refractivity contribution in [2.75, 3.05) is 18.1 Å². The maximum atomic E-state index is 10.9. The molecule has 0 saturated heterocycles. The molecule has 0 bridgehead atoms. The normalized spacial score (nSPS) is 16.1. The minimum absolute atomic E-state index is 0.0548. The van der Waals surface area contributed by atoms with Crippen molar-refractivity contribution in [3.8, 4) is 0 Å². The van der Waals surface area contributed by atoms with Crippen molar-refractivity contribution < 1.29 is 9.53 Å². The largest absolute Gasteiger partial charge is 0.466 e. The van der Waals surface area contributed by atoms with Gasteiger partial charge >= 0.3 is 5.97 Å². The number of esters is 1. The van der Waals surface area contributed by atoms with E-state index in [0.29, 0.717) is 13.0 Å². The van der Waals surface area contributed by atoms with Gasteiger partial charge in [-0.15, -0.1) is 0 Å². The first-order valence-electron chi connectivity index (χ1n) is 4.56. The van der Waals surface area contributed by atoms with E-state index in [1.807, 2.05) is 18.7 Å². The third kappa shape index (κ3) is 4.65. The highest BCUT2D eigenvalue weighted by atomic mass is 32.2. The first-order valence-corrected chi connectivity index (χ1v) is 5.71. The Morgan fingerprint density at radius 1 is 1.58 bits per heavy atom. The molecule has 0 aliphatic heterocycles. The van der Waals surface area contributed by atoms with Crippen LogP contribution in [0.25, 0.3) is 0 Å². The van der Waals surface area contributed by atoms with Gasteiger partial charge in [0.1, 0.15) is 0 Å². The molecule has 2 nitrogen and oxygen atoms in total. The van der Waals surface area contributed by atoms with Gasteiger partial charge in [-0.05, 0) is 31.4 Å². The Bertz CT molecular complexity index is 143. The average molecular weight is 188 g/mol. The van der Waals surface area contributed by atoms with Crippen LogP contribution in [-0.2, 0) is 9.53 Å². The summed E-state index contributed by atoms with van der Waals surface area (Å²) in [6.45, 7) is 2.35. The molecule has 0 aromatic heterocycles. The second-order valence-corrected chi connectivity index (χ2v) is 4.22. The number of hydrogen-bond acceptors (Lipinski definition) is 3. The second kappa shape index (κ2) is 5.46. The van der Waals surface area contributed by atoms with Gasteiger partial charge in [-0.2, -0.15) is 11.8 Å². The molecule has 0 atom stereocenters. The second-order valence-electron chi connectivity index (χ2n) is 3.07. The van der Waals surface area contributed by atoms with Gasteiger partial charge in [0.25, 0.3) is 0 Å². The van der Waals surface area contributed by atoms with Gasteiger partial charge in [0.15, 0.2) is 0 Å². The molecule has 0 spiro atoms. The lowest BCUT2D eigenvalue weighted by atomic mass is 10.5. The third-order valence-corrected chi connectivity index (χ3v) is 3.01. The number of ether oxygens (including phenoxy) is 1. The van der Waals surface area contributed by atoms with Crippen LogP contribution in [0.5, 0.6) is 0 Å². The Morgan fingerprint density at radius 2 is 2.33 bits per heavy atom. The summed E-state index contributed by atoms with van der Waals surface area (Å²) in [5.74, 6) is 3.06. The van der Waals surface area contributed by atoms with Crippen LogP contribution in [0, 0.1) is 5.92 Å². The molecule has 1 saturated carbocycles. The molecule has 0 unspecified atom stereocenters. The summed E-state index contributed by atoms with van der Waals surface area (Å²) in [6.07, 6.45) is 3.37. The van der Waals surface area contributed by atoms with E-state index in [9.17, 15) is 4.79 Å². The van der Waals surface area contributed by atoms with Crippen LogP contribution in [0.2, 0.25) is 0 Å². The summed E-state index contributed by atoms with van der Waals surface area (Å²) in [7, 11) is 0. The van der Waals surface area contributed by atoms with Gasteiger partial charge in [-0.3, -0.25) is 4.79 Å². The van der Waals surface area contributed by atoms with Gasteiger partial charge in [0, 0.05) is 5.75 Å². The van der Waals surface area contributed by atoms with Crippen molar-refractivity contribution in [2.45, 2.75) is 26.2 Å². The van der Waals surface area contributed by atoms with Crippen molar-refractivity contribution in [3.63, 3.8) is 0 Å². The zero-order chi connectivity index (χ0) is 8.81. The van der Waals surface area contributed by atoms with E-state index in [4.69, 9.17) is 4.74 Å².